The Kier molecular flexibility index (Phi) is 2.79. The van der Waals surface area contributed by atoms with Gasteiger partial charge in [0.15, 0.2) is 17.3 Å². The maximum atomic E-state index is 12.9. The lowest BCUT2D eigenvalue weighted by molar-refractivity contribution is -0.254. The van der Waals surface area contributed by atoms with E-state index in [0.717, 1.165) is 0 Å². The van der Waals surface area contributed by atoms with Crippen LogP contribution in [0.15, 0.2) is 40.8 Å². The maximum Gasteiger partial charge on any atom is 0.343 e. The van der Waals surface area contributed by atoms with E-state index >= 15 is 0 Å². The fraction of sp³-hybridized carbons (Fsp3) is 0.316. The molecular formula is C19H14O7. The van der Waals surface area contributed by atoms with E-state index in [1.165, 1.54) is 26.4 Å². The van der Waals surface area contributed by atoms with Gasteiger partial charge in [-0.2, -0.15) is 0 Å². The highest BCUT2D eigenvalue weighted by Gasteiger charge is 2.80. The number of carbonyl (C=O) groups excluding carboxylic acids is 3. The summed E-state index contributed by atoms with van der Waals surface area (Å²) in [5, 5.41) is 0.625. The number of ether oxygens (including phenoxy) is 3. The van der Waals surface area contributed by atoms with Gasteiger partial charge in [0.05, 0.1) is 24.5 Å². The average Bonchev–Trinajstić information content (AvgIpc) is 3.28. The number of rotatable bonds is 2. The molecular weight excluding hydrogens is 340 g/mol. The summed E-state index contributed by atoms with van der Waals surface area (Å²) < 4.78 is 22.7. The van der Waals surface area contributed by atoms with E-state index in [9.17, 15) is 14.4 Å². The number of ketones is 2. The first-order chi connectivity index (χ1) is 12.5. The number of carbonyl (C=O) groups is 3. The van der Waals surface area contributed by atoms with E-state index in [1.807, 2.05) is 0 Å². The maximum absolute atomic E-state index is 12.9. The summed E-state index contributed by atoms with van der Waals surface area (Å²) >= 11 is 0. The first-order valence-electron chi connectivity index (χ1n) is 8.13. The number of esters is 1. The van der Waals surface area contributed by atoms with E-state index in [0.29, 0.717) is 16.5 Å². The third kappa shape index (κ3) is 1.42. The molecule has 1 aliphatic carbocycles. The van der Waals surface area contributed by atoms with Crippen molar-refractivity contribution in [1.29, 1.82) is 0 Å². The topological polar surface area (TPSA) is 92.0 Å². The van der Waals surface area contributed by atoms with Crippen molar-refractivity contribution < 1.29 is 33.0 Å². The second-order valence-electron chi connectivity index (χ2n) is 6.60. The lowest BCUT2D eigenvalue weighted by atomic mass is 9.64. The molecule has 2 aliphatic heterocycles. The van der Waals surface area contributed by atoms with E-state index in [-0.39, 0.29) is 17.3 Å². The lowest BCUT2D eigenvalue weighted by Crippen LogP contribution is -2.51. The number of furan rings is 1. The minimum Gasteiger partial charge on any atom is -0.467 e. The first kappa shape index (κ1) is 15.5. The zero-order valence-corrected chi connectivity index (χ0v) is 14.0. The van der Waals surface area contributed by atoms with Crippen molar-refractivity contribution in [2.75, 3.05) is 14.2 Å². The third-order valence-electron chi connectivity index (χ3n) is 5.59. The van der Waals surface area contributed by atoms with Crippen molar-refractivity contribution in [2.24, 2.45) is 11.8 Å². The van der Waals surface area contributed by atoms with Gasteiger partial charge in [0, 0.05) is 12.5 Å². The van der Waals surface area contributed by atoms with Crippen LogP contribution in [0.1, 0.15) is 11.3 Å². The van der Waals surface area contributed by atoms with Crippen LogP contribution in [0.3, 0.4) is 0 Å². The van der Waals surface area contributed by atoms with Gasteiger partial charge in [-0.1, -0.05) is 18.2 Å². The molecule has 2 aromatic rings. The van der Waals surface area contributed by atoms with Gasteiger partial charge in [0.2, 0.25) is 11.4 Å². The van der Waals surface area contributed by atoms with Gasteiger partial charge in [0.25, 0.3) is 0 Å². The molecule has 4 atom stereocenters. The summed E-state index contributed by atoms with van der Waals surface area (Å²) in [4.78, 5) is 38.3. The fourth-order valence-corrected chi connectivity index (χ4v) is 4.65. The number of methoxy groups -OCH3 is 2. The van der Waals surface area contributed by atoms with Crippen molar-refractivity contribution in [3.8, 4) is 0 Å². The predicted octanol–water partition coefficient (Wildman–Crippen LogP) is 1.58. The summed E-state index contributed by atoms with van der Waals surface area (Å²) in [6, 6.07) is 7.10. The molecule has 2 bridgehead atoms. The SMILES string of the molecule is COC(=O)[C@@]12O[C@@](OC)(c3oc4ccccc4c31)C1C(=O)C=CC(=O)C12. The molecule has 1 fully saturated rings. The molecule has 0 spiro atoms. The van der Waals surface area contributed by atoms with Crippen LogP contribution >= 0.6 is 0 Å². The fourth-order valence-electron chi connectivity index (χ4n) is 4.65. The monoisotopic (exact) mass is 354 g/mol. The smallest absolute Gasteiger partial charge is 0.343 e. The molecule has 7 nitrogen and oxygen atoms in total. The Bertz CT molecular complexity index is 1030. The van der Waals surface area contributed by atoms with Crippen molar-refractivity contribution in [3.05, 3.63) is 47.7 Å². The van der Waals surface area contributed by atoms with Crippen molar-refractivity contribution in [1.82, 2.24) is 0 Å². The minimum atomic E-state index is -1.78. The van der Waals surface area contributed by atoms with Crippen LogP contribution in [0.2, 0.25) is 0 Å². The van der Waals surface area contributed by atoms with Crippen LogP contribution in [-0.4, -0.2) is 31.8 Å². The van der Waals surface area contributed by atoms with Gasteiger partial charge in [-0.15, -0.1) is 0 Å². The third-order valence-corrected chi connectivity index (χ3v) is 5.59. The Morgan fingerprint density at radius 1 is 1.08 bits per heavy atom. The summed E-state index contributed by atoms with van der Waals surface area (Å²) in [6.07, 6.45) is 2.38. The second-order valence-corrected chi connectivity index (χ2v) is 6.60. The highest BCUT2D eigenvalue weighted by molar-refractivity contribution is 6.12. The molecule has 7 heteroatoms. The molecule has 5 rings (SSSR count). The van der Waals surface area contributed by atoms with E-state index in [4.69, 9.17) is 18.6 Å². The summed E-state index contributed by atoms with van der Waals surface area (Å²) in [7, 11) is 2.58. The Morgan fingerprint density at radius 2 is 1.77 bits per heavy atom. The van der Waals surface area contributed by atoms with Gasteiger partial charge < -0.3 is 18.6 Å². The Morgan fingerprint density at radius 3 is 2.46 bits per heavy atom. The van der Waals surface area contributed by atoms with Crippen LogP contribution in [0.25, 0.3) is 11.0 Å². The highest BCUT2D eigenvalue weighted by Crippen LogP contribution is 2.67. The van der Waals surface area contributed by atoms with Crippen LogP contribution in [-0.2, 0) is 40.0 Å². The van der Waals surface area contributed by atoms with Gasteiger partial charge in [0.1, 0.15) is 5.58 Å². The molecule has 0 amide bonds. The number of fused-ring (bicyclic) bond motifs is 10. The molecule has 0 saturated carbocycles. The van der Waals surface area contributed by atoms with Gasteiger partial charge in [-0.25, -0.2) is 4.79 Å². The molecule has 3 aliphatic rings. The van der Waals surface area contributed by atoms with Crippen LogP contribution < -0.4 is 0 Å². The number of allylic oxidation sites excluding steroid dienone is 2. The summed E-state index contributed by atoms with van der Waals surface area (Å²) in [5.41, 5.74) is -0.865. The summed E-state index contributed by atoms with van der Waals surface area (Å²) in [6.45, 7) is 0. The molecule has 3 heterocycles. The van der Waals surface area contributed by atoms with E-state index in [1.54, 1.807) is 24.3 Å². The number of hydrogen-bond donors (Lipinski definition) is 0. The highest BCUT2D eigenvalue weighted by atomic mass is 16.7. The standard InChI is InChI=1S/C19H14O7/c1-23-17(22)18-13-9-5-3-4-6-12(9)25-16(13)19(24-2,26-18)15-11(21)8-7-10(20)14(15)18/h3-8,14-15H,1-2H3/t14?,15?,18-,19-/m1/s1. The largest absolute Gasteiger partial charge is 0.467 e. The van der Waals surface area contributed by atoms with E-state index in [2.05, 4.69) is 0 Å². The van der Waals surface area contributed by atoms with E-state index < -0.39 is 29.2 Å². The van der Waals surface area contributed by atoms with Gasteiger partial charge in [-0.3, -0.25) is 9.59 Å². The Hall–Kier alpha value is -2.77. The number of para-hydroxylation sites is 1. The molecule has 1 saturated heterocycles. The molecule has 0 N–H and O–H groups in total. The molecule has 1 aromatic heterocycles. The van der Waals surface area contributed by atoms with Gasteiger partial charge in [-0.05, 0) is 18.2 Å². The quantitative estimate of drug-likeness (QED) is 0.756. The van der Waals surface area contributed by atoms with Crippen molar-refractivity contribution in [3.63, 3.8) is 0 Å². The average molecular weight is 354 g/mol. The van der Waals surface area contributed by atoms with Crippen molar-refractivity contribution >= 4 is 28.5 Å². The number of benzene rings is 1. The Labute approximate surface area is 147 Å². The van der Waals surface area contributed by atoms with Crippen molar-refractivity contribution in [2.45, 2.75) is 11.4 Å². The normalized spacial score (nSPS) is 34.2. The molecule has 2 unspecified atom stereocenters. The predicted molar refractivity (Wildman–Crippen MR) is 85.8 cm³/mol. The van der Waals surface area contributed by atoms with Gasteiger partial charge >= 0.3 is 5.97 Å². The zero-order valence-electron chi connectivity index (χ0n) is 14.0. The summed E-state index contributed by atoms with van der Waals surface area (Å²) in [5.74, 6) is -4.98. The molecule has 26 heavy (non-hydrogen) atoms. The van der Waals surface area contributed by atoms with Crippen LogP contribution in [0.5, 0.6) is 0 Å². The lowest BCUT2D eigenvalue weighted by Gasteiger charge is -2.35. The second kappa shape index (κ2) is 4.69. The first-order valence-corrected chi connectivity index (χ1v) is 8.13. The number of hydrogen-bond acceptors (Lipinski definition) is 7. The van der Waals surface area contributed by atoms with Crippen LogP contribution in [0.4, 0.5) is 0 Å². The molecule has 1 aromatic carbocycles. The zero-order chi connectivity index (χ0) is 18.3. The van der Waals surface area contributed by atoms with Crippen LogP contribution in [0, 0.1) is 11.8 Å². The minimum absolute atomic E-state index is 0.240. The molecule has 0 radical (unpaired) electrons. The molecule has 132 valence electrons. The Balaban J connectivity index is 1.94.